The largest absolute Gasteiger partial charge is 0.466 e. The van der Waals surface area contributed by atoms with Gasteiger partial charge in [-0.2, -0.15) is 0 Å². The van der Waals surface area contributed by atoms with Crippen molar-refractivity contribution in [2.45, 2.75) is 0 Å². The van der Waals surface area contributed by atoms with E-state index >= 15 is 0 Å². The number of methoxy groups -OCH3 is 1. The minimum absolute atomic E-state index is 0.100. The van der Waals surface area contributed by atoms with Crippen molar-refractivity contribution >= 4 is 29.2 Å². The fraction of sp³-hybridized carbons (Fsp3) is 0.250. The van der Waals surface area contributed by atoms with E-state index in [1.807, 2.05) is 0 Å². The lowest BCUT2D eigenvalue weighted by atomic mass is 10.7. The molecule has 2 nitrogen and oxygen atoms in total. The van der Waals surface area contributed by atoms with Crippen LogP contribution in [0.4, 0.5) is 0 Å². The SMILES string of the molecule is COC(=O)C=C(Cl)Cl. The Kier molecular flexibility index (Phi) is 3.65. The second kappa shape index (κ2) is 3.75. The van der Waals surface area contributed by atoms with Crippen LogP contribution >= 0.6 is 23.2 Å². The Labute approximate surface area is 57.0 Å². The smallest absolute Gasteiger partial charge is 0.332 e. The lowest BCUT2D eigenvalue weighted by molar-refractivity contribution is -0.134. The minimum atomic E-state index is -0.551. The van der Waals surface area contributed by atoms with Gasteiger partial charge in [0.2, 0.25) is 0 Å². The molecule has 0 bridgehead atoms. The molecule has 0 radical (unpaired) electrons. The molecule has 4 heteroatoms. The van der Waals surface area contributed by atoms with Crippen molar-refractivity contribution in [3.05, 3.63) is 10.6 Å². The Morgan fingerprint density at radius 1 is 1.62 bits per heavy atom. The van der Waals surface area contributed by atoms with Crippen LogP contribution in [-0.2, 0) is 9.53 Å². The normalized spacial score (nSPS) is 7.88. The van der Waals surface area contributed by atoms with E-state index in [4.69, 9.17) is 23.2 Å². The first kappa shape index (κ1) is 7.79. The van der Waals surface area contributed by atoms with Crippen molar-refractivity contribution in [1.29, 1.82) is 0 Å². The molecule has 0 aliphatic carbocycles. The van der Waals surface area contributed by atoms with Crippen molar-refractivity contribution in [2.24, 2.45) is 0 Å². The Hall–Kier alpha value is -0.210. The van der Waals surface area contributed by atoms with Crippen LogP contribution in [0, 0.1) is 0 Å². The fourth-order valence-corrected chi connectivity index (χ4v) is 0.326. The molecule has 0 atom stereocenters. The average molecular weight is 155 g/mol. The molecule has 0 heterocycles. The van der Waals surface area contributed by atoms with Crippen molar-refractivity contribution in [1.82, 2.24) is 0 Å². The number of carbonyl (C=O) groups is 1. The van der Waals surface area contributed by atoms with Gasteiger partial charge < -0.3 is 4.74 Å². The quantitative estimate of drug-likeness (QED) is 0.423. The monoisotopic (exact) mass is 154 g/mol. The molecule has 0 unspecified atom stereocenters. The van der Waals surface area contributed by atoms with Crippen LogP contribution in [0.1, 0.15) is 0 Å². The molecule has 0 aromatic carbocycles. The number of ether oxygens (including phenoxy) is 1. The maximum absolute atomic E-state index is 10.2. The summed E-state index contributed by atoms with van der Waals surface area (Å²) < 4.78 is 4.08. The van der Waals surface area contributed by atoms with Crippen LogP contribution in [-0.4, -0.2) is 13.1 Å². The molecule has 0 saturated heterocycles. The second-order valence-electron chi connectivity index (χ2n) is 0.957. The Bertz CT molecular complexity index is 115. The fourth-order valence-electron chi connectivity index (χ4n) is 0.148. The van der Waals surface area contributed by atoms with Gasteiger partial charge in [0.05, 0.1) is 13.2 Å². The van der Waals surface area contributed by atoms with Gasteiger partial charge >= 0.3 is 5.97 Å². The molecule has 0 aliphatic rings. The number of hydrogen-bond acceptors (Lipinski definition) is 2. The molecule has 46 valence electrons. The molecular weight excluding hydrogens is 151 g/mol. The molecule has 0 aromatic heterocycles. The van der Waals surface area contributed by atoms with E-state index in [-0.39, 0.29) is 4.49 Å². The summed E-state index contributed by atoms with van der Waals surface area (Å²) in [6.45, 7) is 0. The van der Waals surface area contributed by atoms with Gasteiger partial charge in [0.15, 0.2) is 0 Å². The molecule has 0 aromatic rings. The minimum Gasteiger partial charge on any atom is -0.466 e. The van der Waals surface area contributed by atoms with Crippen molar-refractivity contribution in [2.75, 3.05) is 7.11 Å². The van der Waals surface area contributed by atoms with Gasteiger partial charge in [0.25, 0.3) is 0 Å². The number of carbonyl (C=O) groups excluding carboxylic acids is 1. The van der Waals surface area contributed by atoms with Gasteiger partial charge in [0, 0.05) is 0 Å². The zero-order chi connectivity index (χ0) is 6.57. The molecular formula is C4H4Cl2O2. The van der Waals surface area contributed by atoms with Crippen LogP contribution in [0.5, 0.6) is 0 Å². The Morgan fingerprint density at radius 2 is 2.12 bits per heavy atom. The zero-order valence-electron chi connectivity index (χ0n) is 4.15. The van der Waals surface area contributed by atoms with Gasteiger partial charge in [-0.15, -0.1) is 0 Å². The van der Waals surface area contributed by atoms with Crippen LogP contribution in [0.3, 0.4) is 0 Å². The van der Waals surface area contributed by atoms with E-state index in [2.05, 4.69) is 4.74 Å². The Balaban J connectivity index is 3.70. The summed E-state index contributed by atoms with van der Waals surface area (Å²) in [4.78, 5) is 10.2. The summed E-state index contributed by atoms with van der Waals surface area (Å²) in [6.07, 6.45) is 0.975. The molecule has 0 spiro atoms. The van der Waals surface area contributed by atoms with Gasteiger partial charge in [-0.05, 0) is 0 Å². The van der Waals surface area contributed by atoms with Gasteiger partial charge in [-0.1, -0.05) is 23.2 Å². The molecule has 0 saturated carbocycles. The standard InChI is InChI=1S/C4H4Cl2O2/c1-8-4(7)2-3(5)6/h2H,1H3. The van der Waals surface area contributed by atoms with Crippen molar-refractivity contribution in [3.63, 3.8) is 0 Å². The highest BCUT2D eigenvalue weighted by atomic mass is 35.5. The molecule has 0 amide bonds. The van der Waals surface area contributed by atoms with Gasteiger partial charge in [-0.25, -0.2) is 4.79 Å². The summed E-state index contributed by atoms with van der Waals surface area (Å²) in [6, 6.07) is 0. The summed E-state index contributed by atoms with van der Waals surface area (Å²) in [5, 5.41) is 0. The summed E-state index contributed by atoms with van der Waals surface area (Å²) in [5.74, 6) is -0.551. The van der Waals surface area contributed by atoms with Crippen LogP contribution in [0.25, 0.3) is 0 Å². The van der Waals surface area contributed by atoms with E-state index in [0.29, 0.717) is 0 Å². The van der Waals surface area contributed by atoms with E-state index in [1.165, 1.54) is 7.11 Å². The maximum atomic E-state index is 10.2. The first-order valence-corrected chi connectivity index (χ1v) is 2.53. The summed E-state index contributed by atoms with van der Waals surface area (Å²) in [7, 11) is 1.25. The topological polar surface area (TPSA) is 26.3 Å². The van der Waals surface area contributed by atoms with Gasteiger partial charge in [0.1, 0.15) is 4.49 Å². The number of halogens is 2. The third-order valence-corrected chi connectivity index (χ3v) is 0.646. The highest BCUT2D eigenvalue weighted by molar-refractivity contribution is 6.56. The number of rotatable bonds is 1. The molecule has 0 fully saturated rings. The first-order valence-electron chi connectivity index (χ1n) is 1.77. The third kappa shape index (κ3) is 3.96. The van der Waals surface area contributed by atoms with Crippen molar-refractivity contribution < 1.29 is 9.53 Å². The second-order valence-corrected chi connectivity index (χ2v) is 1.97. The molecule has 8 heavy (non-hydrogen) atoms. The van der Waals surface area contributed by atoms with E-state index in [1.54, 1.807) is 0 Å². The number of esters is 1. The molecule has 0 N–H and O–H groups in total. The lowest BCUT2D eigenvalue weighted by Gasteiger charge is -1.86. The van der Waals surface area contributed by atoms with E-state index < -0.39 is 5.97 Å². The predicted molar refractivity (Wildman–Crippen MR) is 31.8 cm³/mol. The first-order chi connectivity index (χ1) is 3.66. The summed E-state index contributed by atoms with van der Waals surface area (Å²) >= 11 is 10.2. The number of hydrogen-bond donors (Lipinski definition) is 0. The van der Waals surface area contributed by atoms with Gasteiger partial charge in [-0.3, -0.25) is 0 Å². The van der Waals surface area contributed by atoms with Crippen molar-refractivity contribution in [3.8, 4) is 0 Å². The van der Waals surface area contributed by atoms with Crippen LogP contribution in [0.2, 0.25) is 0 Å². The molecule has 0 rings (SSSR count). The highest BCUT2D eigenvalue weighted by Gasteiger charge is 1.92. The molecule has 0 aliphatic heterocycles. The lowest BCUT2D eigenvalue weighted by Crippen LogP contribution is -1.93. The van der Waals surface area contributed by atoms with Crippen LogP contribution in [0.15, 0.2) is 10.6 Å². The third-order valence-electron chi connectivity index (χ3n) is 0.428. The predicted octanol–water partition coefficient (Wildman–Crippen LogP) is 1.48. The highest BCUT2D eigenvalue weighted by Crippen LogP contribution is 2.05. The van der Waals surface area contributed by atoms with E-state index in [0.717, 1.165) is 6.08 Å². The average Bonchev–Trinajstić information content (AvgIpc) is 1.65. The zero-order valence-corrected chi connectivity index (χ0v) is 5.66. The van der Waals surface area contributed by atoms with Crippen LogP contribution < -0.4 is 0 Å². The van der Waals surface area contributed by atoms with E-state index in [9.17, 15) is 4.79 Å². The summed E-state index contributed by atoms with van der Waals surface area (Å²) in [5.41, 5.74) is 0. The Morgan fingerprint density at radius 3 is 2.25 bits per heavy atom. The maximum Gasteiger partial charge on any atom is 0.332 e.